The van der Waals surface area contributed by atoms with E-state index in [9.17, 15) is 4.79 Å². The number of anilines is 1. The van der Waals surface area contributed by atoms with E-state index in [2.05, 4.69) is 35.2 Å². The van der Waals surface area contributed by atoms with E-state index in [1.807, 2.05) is 32.9 Å². The van der Waals surface area contributed by atoms with Gasteiger partial charge >= 0.3 is 5.97 Å². The Bertz CT molecular complexity index is 939. The first-order valence-corrected chi connectivity index (χ1v) is 10.4. The molecule has 0 amide bonds. The third kappa shape index (κ3) is 4.27. The lowest BCUT2D eigenvalue weighted by Crippen LogP contribution is -2.47. The molecule has 1 saturated heterocycles. The van der Waals surface area contributed by atoms with Gasteiger partial charge in [0.15, 0.2) is 0 Å². The minimum atomic E-state index is -0.553. The Morgan fingerprint density at radius 1 is 1.14 bits per heavy atom. The number of hydrogen-bond acceptors (Lipinski definition) is 4. The highest BCUT2D eigenvalue weighted by atomic mass is 35.5. The van der Waals surface area contributed by atoms with Crippen molar-refractivity contribution in [2.75, 3.05) is 18.0 Å². The SMILES string of the molecule is CC(C)(C)OC(=O)c1cc(Cl)c2c(c1)C=CC1(CCN(c3ccccc3)CC1)O2. The number of fused-ring (bicyclic) bond motifs is 1. The lowest BCUT2D eigenvalue weighted by Gasteiger charge is -2.43. The van der Waals surface area contributed by atoms with E-state index in [1.165, 1.54) is 5.69 Å². The monoisotopic (exact) mass is 411 g/mol. The molecular formula is C24H26ClNO3. The maximum Gasteiger partial charge on any atom is 0.338 e. The lowest BCUT2D eigenvalue weighted by molar-refractivity contribution is 0.00694. The van der Waals surface area contributed by atoms with Gasteiger partial charge in [-0.2, -0.15) is 0 Å². The molecule has 1 spiro atoms. The minimum Gasteiger partial charge on any atom is -0.481 e. The van der Waals surface area contributed by atoms with E-state index in [1.54, 1.807) is 12.1 Å². The predicted octanol–water partition coefficient (Wildman–Crippen LogP) is 5.74. The molecule has 29 heavy (non-hydrogen) atoms. The van der Waals surface area contributed by atoms with Crippen LogP contribution < -0.4 is 9.64 Å². The molecule has 0 bridgehead atoms. The molecule has 0 atom stereocenters. The summed E-state index contributed by atoms with van der Waals surface area (Å²) < 4.78 is 11.9. The van der Waals surface area contributed by atoms with E-state index in [4.69, 9.17) is 21.1 Å². The quantitative estimate of drug-likeness (QED) is 0.590. The fourth-order valence-corrected chi connectivity index (χ4v) is 4.10. The number of carbonyl (C=O) groups is 1. The summed E-state index contributed by atoms with van der Waals surface area (Å²) >= 11 is 6.51. The van der Waals surface area contributed by atoms with E-state index < -0.39 is 5.60 Å². The molecule has 2 aromatic rings. The van der Waals surface area contributed by atoms with Crippen LogP contribution in [0.2, 0.25) is 5.02 Å². The highest BCUT2D eigenvalue weighted by molar-refractivity contribution is 6.32. The number of hydrogen-bond donors (Lipinski definition) is 0. The van der Waals surface area contributed by atoms with Crippen LogP contribution in [0.1, 0.15) is 49.5 Å². The molecule has 0 aromatic heterocycles. The van der Waals surface area contributed by atoms with Crippen LogP contribution in [0.4, 0.5) is 5.69 Å². The summed E-state index contributed by atoms with van der Waals surface area (Å²) in [5.41, 5.74) is 1.58. The Kier molecular flexibility index (Phi) is 5.07. The highest BCUT2D eigenvalue weighted by Crippen LogP contribution is 2.42. The van der Waals surface area contributed by atoms with Crippen LogP contribution in [0, 0.1) is 0 Å². The van der Waals surface area contributed by atoms with Crippen LogP contribution in [0.5, 0.6) is 5.75 Å². The zero-order valence-corrected chi connectivity index (χ0v) is 17.8. The predicted molar refractivity (Wildman–Crippen MR) is 117 cm³/mol. The van der Waals surface area contributed by atoms with Crippen molar-refractivity contribution in [2.24, 2.45) is 0 Å². The first-order chi connectivity index (χ1) is 13.7. The lowest BCUT2D eigenvalue weighted by atomic mass is 9.87. The number of halogens is 1. The summed E-state index contributed by atoms with van der Waals surface area (Å²) in [5, 5.41) is 0.442. The maximum absolute atomic E-state index is 12.4. The van der Waals surface area contributed by atoms with E-state index >= 15 is 0 Å². The molecule has 0 aliphatic carbocycles. The van der Waals surface area contributed by atoms with Crippen molar-refractivity contribution in [3.63, 3.8) is 0 Å². The zero-order chi connectivity index (χ0) is 20.6. The molecule has 0 saturated carbocycles. The van der Waals surface area contributed by atoms with Gasteiger partial charge in [0.05, 0.1) is 10.6 Å². The van der Waals surface area contributed by atoms with E-state index in [0.717, 1.165) is 31.5 Å². The zero-order valence-electron chi connectivity index (χ0n) is 17.1. The summed E-state index contributed by atoms with van der Waals surface area (Å²) in [5.74, 6) is 0.265. The number of esters is 1. The average Bonchev–Trinajstić information content (AvgIpc) is 2.68. The standard InChI is InChI=1S/C24H26ClNO3/c1-23(2,3)29-22(27)18-15-17-9-10-24(28-21(17)20(25)16-18)11-13-26(14-12-24)19-7-5-4-6-8-19/h4-10,15-16H,11-14H2,1-3H3. The molecule has 2 aliphatic rings. The fourth-order valence-electron chi connectivity index (χ4n) is 3.83. The van der Waals surface area contributed by atoms with Crippen LogP contribution in [0.15, 0.2) is 48.5 Å². The van der Waals surface area contributed by atoms with Crippen molar-refractivity contribution in [1.82, 2.24) is 0 Å². The molecule has 0 unspecified atom stereocenters. The summed E-state index contributed by atoms with van der Waals surface area (Å²) in [6.45, 7) is 7.37. The van der Waals surface area contributed by atoms with Crippen molar-refractivity contribution in [1.29, 1.82) is 0 Å². The number of benzene rings is 2. The normalized spacial score (nSPS) is 17.6. The molecule has 0 N–H and O–H groups in total. The van der Waals surface area contributed by atoms with Crippen molar-refractivity contribution in [3.8, 4) is 5.75 Å². The molecule has 2 heterocycles. The molecule has 4 nitrogen and oxygen atoms in total. The molecule has 1 fully saturated rings. The number of ether oxygens (including phenoxy) is 2. The van der Waals surface area contributed by atoms with Gasteiger partial charge in [0.25, 0.3) is 0 Å². The number of carbonyl (C=O) groups excluding carboxylic acids is 1. The summed E-state index contributed by atoms with van der Waals surface area (Å²) in [6.07, 6.45) is 5.90. The Morgan fingerprint density at radius 3 is 2.48 bits per heavy atom. The van der Waals surface area contributed by atoms with Crippen molar-refractivity contribution in [2.45, 2.75) is 44.8 Å². The van der Waals surface area contributed by atoms with Crippen LogP contribution >= 0.6 is 11.6 Å². The van der Waals surface area contributed by atoms with Crippen molar-refractivity contribution < 1.29 is 14.3 Å². The van der Waals surface area contributed by atoms with Crippen LogP contribution in [-0.4, -0.2) is 30.3 Å². The van der Waals surface area contributed by atoms with Crippen molar-refractivity contribution in [3.05, 3.63) is 64.7 Å². The molecule has 0 radical (unpaired) electrons. The topological polar surface area (TPSA) is 38.8 Å². The Labute approximate surface area is 177 Å². The minimum absolute atomic E-state index is 0.352. The van der Waals surface area contributed by atoms with Gasteiger partial charge in [-0.25, -0.2) is 4.79 Å². The van der Waals surface area contributed by atoms with Gasteiger partial charge in [-0.1, -0.05) is 35.9 Å². The molecule has 4 rings (SSSR count). The van der Waals surface area contributed by atoms with Crippen molar-refractivity contribution >= 4 is 29.3 Å². The van der Waals surface area contributed by atoms with Crippen LogP contribution in [-0.2, 0) is 4.74 Å². The van der Waals surface area contributed by atoms with Crippen LogP contribution in [0.25, 0.3) is 6.08 Å². The maximum atomic E-state index is 12.4. The molecule has 2 aromatic carbocycles. The van der Waals surface area contributed by atoms with Gasteiger partial charge in [-0.3, -0.25) is 0 Å². The second kappa shape index (κ2) is 7.42. The first-order valence-electron chi connectivity index (χ1n) is 10.00. The average molecular weight is 412 g/mol. The second-order valence-electron chi connectivity index (χ2n) is 8.70. The van der Waals surface area contributed by atoms with Crippen LogP contribution in [0.3, 0.4) is 0 Å². The van der Waals surface area contributed by atoms with Gasteiger partial charge in [0.2, 0.25) is 0 Å². The molecule has 152 valence electrons. The van der Waals surface area contributed by atoms with E-state index in [0.29, 0.717) is 16.3 Å². The van der Waals surface area contributed by atoms with E-state index in [-0.39, 0.29) is 11.6 Å². The van der Waals surface area contributed by atoms with Gasteiger partial charge in [0.1, 0.15) is 17.0 Å². The number of para-hydroxylation sites is 1. The molecule has 2 aliphatic heterocycles. The van der Waals surface area contributed by atoms with Gasteiger partial charge in [-0.05, 0) is 51.1 Å². The number of nitrogens with zero attached hydrogens (tertiary/aromatic N) is 1. The summed E-state index contributed by atoms with van der Waals surface area (Å²) in [7, 11) is 0. The first kappa shape index (κ1) is 19.8. The van der Waals surface area contributed by atoms with Gasteiger partial charge in [-0.15, -0.1) is 0 Å². The highest BCUT2D eigenvalue weighted by Gasteiger charge is 2.38. The second-order valence-corrected chi connectivity index (χ2v) is 9.11. The molecular weight excluding hydrogens is 386 g/mol. The third-order valence-electron chi connectivity index (χ3n) is 5.31. The third-order valence-corrected chi connectivity index (χ3v) is 5.59. The number of rotatable bonds is 2. The van der Waals surface area contributed by atoms with Gasteiger partial charge in [0, 0.05) is 37.2 Å². The Morgan fingerprint density at radius 2 is 1.83 bits per heavy atom. The number of piperidine rings is 1. The summed E-state index contributed by atoms with van der Waals surface area (Å²) in [6, 6.07) is 13.9. The smallest absolute Gasteiger partial charge is 0.338 e. The largest absolute Gasteiger partial charge is 0.481 e. The summed E-state index contributed by atoms with van der Waals surface area (Å²) in [4.78, 5) is 14.8. The Hall–Kier alpha value is -2.46. The van der Waals surface area contributed by atoms with Gasteiger partial charge < -0.3 is 14.4 Å². The molecule has 5 heteroatoms. The fraction of sp³-hybridized carbons (Fsp3) is 0.375. The Balaban J connectivity index is 1.51.